The first kappa shape index (κ1) is 21.0. The monoisotopic (exact) mass is 429 g/mol. The third-order valence-electron chi connectivity index (χ3n) is 6.29. The van der Waals surface area contributed by atoms with Crippen LogP contribution in [0.15, 0.2) is 22.5 Å². The van der Waals surface area contributed by atoms with Gasteiger partial charge in [0.15, 0.2) is 5.96 Å². The van der Waals surface area contributed by atoms with Gasteiger partial charge in [-0.25, -0.2) is 4.98 Å². The number of aryl methyl sites for hydroxylation is 1. The van der Waals surface area contributed by atoms with Crippen molar-refractivity contribution in [3.63, 3.8) is 0 Å². The van der Waals surface area contributed by atoms with Crippen molar-refractivity contribution in [2.75, 3.05) is 26.2 Å². The van der Waals surface area contributed by atoms with Crippen LogP contribution >= 0.6 is 11.3 Å². The van der Waals surface area contributed by atoms with Gasteiger partial charge in [0.25, 0.3) is 0 Å². The van der Waals surface area contributed by atoms with Gasteiger partial charge >= 0.3 is 0 Å². The number of thiazole rings is 1. The Balaban J connectivity index is 1.23. The number of allylic oxidation sites excluding steroid dienone is 2. The van der Waals surface area contributed by atoms with Crippen LogP contribution < -0.4 is 10.6 Å². The van der Waals surface area contributed by atoms with Gasteiger partial charge in [0, 0.05) is 38.0 Å². The lowest BCUT2D eigenvalue weighted by Gasteiger charge is -2.17. The Morgan fingerprint density at radius 1 is 1.20 bits per heavy atom. The van der Waals surface area contributed by atoms with Gasteiger partial charge in [0.1, 0.15) is 0 Å². The number of amides is 2. The van der Waals surface area contributed by atoms with Gasteiger partial charge in [-0.2, -0.15) is 0 Å². The average molecular weight is 430 g/mol. The molecule has 2 fully saturated rings. The Morgan fingerprint density at radius 2 is 1.93 bits per heavy atom. The van der Waals surface area contributed by atoms with E-state index in [4.69, 9.17) is 0 Å². The van der Waals surface area contributed by atoms with Crippen LogP contribution in [0.3, 0.4) is 0 Å². The number of rotatable bonds is 9. The minimum Gasteiger partial charge on any atom is -0.357 e. The molecule has 0 spiro atoms. The zero-order valence-electron chi connectivity index (χ0n) is 17.8. The predicted molar refractivity (Wildman–Crippen MR) is 118 cm³/mol. The van der Waals surface area contributed by atoms with Gasteiger partial charge in [-0.1, -0.05) is 19.1 Å². The van der Waals surface area contributed by atoms with Crippen molar-refractivity contribution in [2.45, 2.75) is 39.5 Å². The number of hydrogen-bond donors (Lipinski definition) is 2. The first-order valence-electron chi connectivity index (χ1n) is 11.1. The summed E-state index contributed by atoms with van der Waals surface area (Å²) in [6.07, 6.45) is 7.76. The van der Waals surface area contributed by atoms with Crippen LogP contribution in [-0.4, -0.2) is 53.8 Å². The maximum absolute atomic E-state index is 12.7. The first-order chi connectivity index (χ1) is 14.6. The number of hydrogen-bond acceptors (Lipinski definition) is 5. The largest absolute Gasteiger partial charge is 0.357 e. The highest BCUT2D eigenvalue weighted by Gasteiger charge is 2.58. The summed E-state index contributed by atoms with van der Waals surface area (Å²) in [5.41, 5.74) is 1.11. The van der Waals surface area contributed by atoms with Crippen LogP contribution in [0.1, 0.15) is 37.4 Å². The zero-order valence-corrected chi connectivity index (χ0v) is 18.6. The molecule has 4 atom stereocenters. The number of aromatic nitrogens is 1. The molecule has 0 radical (unpaired) electrons. The van der Waals surface area contributed by atoms with E-state index in [1.807, 2.05) is 6.92 Å². The van der Waals surface area contributed by atoms with Crippen molar-refractivity contribution in [3.05, 3.63) is 28.2 Å². The van der Waals surface area contributed by atoms with Crippen molar-refractivity contribution in [2.24, 2.45) is 28.7 Å². The molecule has 1 saturated heterocycles. The van der Waals surface area contributed by atoms with E-state index in [0.717, 1.165) is 44.0 Å². The van der Waals surface area contributed by atoms with Crippen molar-refractivity contribution < 1.29 is 9.59 Å². The van der Waals surface area contributed by atoms with Crippen molar-refractivity contribution >= 4 is 29.1 Å². The molecule has 30 heavy (non-hydrogen) atoms. The Kier molecular flexibility index (Phi) is 6.51. The molecule has 1 saturated carbocycles. The summed E-state index contributed by atoms with van der Waals surface area (Å²) in [6.45, 7) is 6.74. The van der Waals surface area contributed by atoms with Crippen LogP contribution in [0.5, 0.6) is 0 Å². The number of carbonyl (C=O) groups excluding carboxylic acids is 2. The van der Waals surface area contributed by atoms with E-state index in [9.17, 15) is 9.59 Å². The number of likely N-dealkylation sites (tertiary alicyclic amines) is 1. The number of imide groups is 1. The molecule has 8 heteroatoms. The summed E-state index contributed by atoms with van der Waals surface area (Å²) in [5.74, 6) is 1.17. The van der Waals surface area contributed by atoms with Crippen LogP contribution in [0.25, 0.3) is 0 Å². The highest BCUT2D eigenvalue weighted by atomic mass is 32.1. The van der Waals surface area contributed by atoms with Gasteiger partial charge in [-0.05, 0) is 38.0 Å². The van der Waals surface area contributed by atoms with E-state index < -0.39 is 0 Å². The predicted octanol–water partition coefficient (Wildman–Crippen LogP) is 2.00. The molecule has 4 rings (SSSR count). The quantitative estimate of drug-likeness (QED) is 0.206. The van der Waals surface area contributed by atoms with Crippen molar-refractivity contribution in [3.8, 4) is 0 Å². The molecule has 1 aromatic rings. The molecule has 2 heterocycles. The molecule has 162 valence electrons. The van der Waals surface area contributed by atoms with Crippen LogP contribution in [0.2, 0.25) is 0 Å². The Bertz CT molecular complexity index is 818. The van der Waals surface area contributed by atoms with Crippen molar-refractivity contribution in [1.29, 1.82) is 0 Å². The zero-order chi connectivity index (χ0) is 21.1. The molecule has 4 unspecified atom stereocenters. The van der Waals surface area contributed by atoms with E-state index >= 15 is 0 Å². The Hall–Kier alpha value is -2.22. The van der Waals surface area contributed by atoms with Gasteiger partial charge in [0.2, 0.25) is 11.8 Å². The molecule has 1 aromatic heterocycles. The minimum absolute atomic E-state index is 0.0329. The summed E-state index contributed by atoms with van der Waals surface area (Å²) in [6, 6.07) is 0. The molecular weight excluding hydrogens is 398 g/mol. The normalized spacial score (nSPS) is 27.3. The Morgan fingerprint density at radius 3 is 2.57 bits per heavy atom. The second kappa shape index (κ2) is 9.29. The molecular formula is C22H31N5O2S. The number of nitrogens with zero attached hydrogens (tertiary/aromatic N) is 3. The molecule has 2 aliphatic carbocycles. The third-order valence-corrected chi connectivity index (χ3v) is 7.33. The molecule has 7 nitrogen and oxygen atoms in total. The minimum atomic E-state index is -0.103. The second-order valence-corrected chi connectivity index (χ2v) is 9.15. The second-order valence-electron chi connectivity index (χ2n) is 8.21. The lowest BCUT2D eigenvalue weighted by atomic mass is 9.85. The molecule has 2 amide bonds. The van der Waals surface area contributed by atoms with E-state index in [0.29, 0.717) is 19.5 Å². The molecule has 3 aliphatic rings. The molecule has 2 N–H and O–H groups in total. The number of nitrogens with one attached hydrogen (secondary N) is 2. The highest BCUT2D eigenvalue weighted by molar-refractivity contribution is 7.09. The SMILES string of the molecule is CCNC(=NCCCN1C(=O)C2C3C=CC(C3)C2C1=O)NCCc1csc(CC)n1. The summed E-state index contributed by atoms with van der Waals surface area (Å²) >= 11 is 1.71. The number of carbonyl (C=O) groups is 2. The van der Waals surface area contributed by atoms with Crippen LogP contribution in [0, 0.1) is 23.7 Å². The smallest absolute Gasteiger partial charge is 0.233 e. The molecule has 2 bridgehead atoms. The summed E-state index contributed by atoms with van der Waals surface area (Å²) in [7, 11) is 0. The van der Waals surface area contributed by atoms with Gasteiger partial charge in [-0.3, -0.25) is 19.5 Å². The number of fused-ring (bicyclic) bond motifs is 5. The summed E-state index contributed by atoms with van der Waals surface area (Å²) < 4.78 is 0. The first-order valence-corrected chi connectivity index (χ1v) is 12.0. The fourth-order valence-electron chi connectivity index (χ4n) is 4.88. The number of aliphatic imine (C=N–C) groups is 1. The van der Waals surface area contributed by atoms with E-state index in [2.05, 4.69) is 45.1 Å². The third kappa shape index (κ3) is 4.15. The average Bonchev–Trinajstić information content (AvgIpc) is 3.51. The number of guanidine groups is 1. The summed E-state index contributed by atoms with van der Waals surface area (Å²) in [5, 5.41) is 9.88. The fourth-order valence-corrected chi connectivity index (χ4v) is 5.66. The topological polar surface area (TPSA) is 86.7 Å². The molecule has 0 aromatic carbocycles. The van der Waals surface area contributed by atoms with Crippen molar-refractivity contribution in [1.82, 2.24) is 20.5 Å². The van der Waals surface area contributed by atoms with Crippen LogP contribution in [0.4, 0.5) is 0 Å². The fraction of sp³-hybridized carbons (Fsp3) is 0.636. The van der Waals surface area contributed by atoms with Crippen LogP contribution in [-0.2, 0) is 22.4 Å². The van der Waals surface area contributed by atoms with E-state index in [-0.39, 0.29) is 35.5 Å². The van der Waals surface area contributed by atoms with E-state index in [1.54, 1.807) is 11.3 Å². The lowest BCUT2D eigenvalue weighted by molar-refractivity contribution is -0.140. The lowest BCUT2D eigenvalue weighted by Crippen LogP contribution is -2.38. The van der Waals surface area contributed by atoms with Gasteiger partial charge in [-0.15, -0.1) is 11.3 Å². The van der Waals surface area contributed by atoms with Gasteiger partial charge < -0.3 is 10.6 Å². The Labute approximate surface area is 182 Å². The maximum Gasteiger partial charge on any atom is 0.233 e. The molecule has 1 aliphatic heterocycles. The highest BCUT2D eigenvalue weighted by Crippen LogP contribution is 2.52. The maximum atomic E-state index is 12.7. The summed E-state index contributed by atoms with van der Waals surface area (Å²) in [4.78, 5) is 36.1. The standard InChI is InChI=1S/C22H31N5O2S/c1-3-17-26-16(13-30-17)8-10-25-22(23-4-2)24-9-5-11-27-20(28)18-14-6-7-15(12-14)19(18)21(27)29/h6-7,13-15,18-19H,3-5,8-12H2,1-2H3,(H2,23,24,25). The van der Waals surface area contributed by atoms with Gasteiger partial charge in [0.05, 0.1) is 22.5 Å². The van der Waals surface area contributed by atoms with E-state index in [1.165, 1.54) is 9.91 Å².